The van der Waals surface area contributed by atoms with Crippen LogP contribution in [0, 0.1) is 0 Å². The van der Waals surface area contributed by atoms with Gasteiger partial charge in [-0.05, 0) is 31.9 Å². The zero-order valence-electron chi connectivity index (χ0n) is 12.0. The molecule has 2 heterocycles. The zero-order valence-corrected chi connectivity index (χ0v) is 12.0. The molecule has 1 amide bonds. The first-order valence-corrected chi connectivity index (χ1v) is 6.49. The zero-order chi connectivity index (χ0) is 15.5. The van der Waals surface area contributed by atoms with Gasteiger partial charge in [-0.15, -0.1) is 0 Å². The van der Waals surface area contributed by atoms with Crippen LogP contribution in [0.3, 0.4) is 0 Å². The van der Waals surface area contributed by atoms with E-state index in [4.69, 9.17) is 10.5 Å². The largest absolute Gasteiger partial charge is 0.474 e. The number of fused-ring (bicyclic) bond motifs is 1. The summed E-state index contributed by atoms with van der Waals surface area (Å²) in [6.45, 7) is 3.42. The number of nitrogens with two attached hydrogens (primary N) is 1. The normalized spacial score (nSPS) is 12.1. The van der Waals surface area contributed by atoms with Gasteiger partial charge < -0.3 is 20.6 Å². The molecular weight excluding hydrogens is 272 g/mol. The Labute approximate surface area is 121 Å². The van der Waals surface area contributed by atoms with Crippen LogP contribution in [0.2, 0.25) is 0 Å². The molecule has 0 bridgehead atoms. The van der Waals surface area contributed by atoms with Crippen molar-refractivity contribution < 1.29 is 14.6 Å². The number of nitrogens with one attached hydrogen (secondary N) is 1. The summed E-state index contributed by atoms with van der Waals surface area (Å²) in [7, 11) is 0. The number of rotatable bonds is 6. The molecule has 0 atom stereocenters. The average Bonchev–Trinajstić information content (AvgIpc) is 2.79. The Balaban J connectivity index is 2.28. The lowest BCUT2D eigenvalue weighted by atomic mass is 10.1. The molecule has 0 saturated heterocycles. The van der Waals surface area contributed by atoms with Crippen molar-refractivity contribution in [3.05, 3.63) is 30.2 Å². The monoisotopic (exact) mass is 290 g/mol. The fourth-order valence-corrected chi connectivity index (χ4v) is 1.81. The molecule has 0 aliphatic heterocycles. The first kappa shape index (κ1) is 15.0. The summed E-state index contributed by atoms with van der Waals surface area (Å²) in [5, 5.41) is 10.5. The van der Waals surface area contributed by atoms with Gasteiger partial charge in [-0.1, -0.05) is 6.08 Å². The van der Waals surface area contributed by atoms with E-state index in [1.54, 1.807) is 26.1 Å². The predicted octanol–water partition coefficient (Wildman–Crippen LogP) is 0.692. The van der Waals surface area contributed by atoms with Gasteiger partial charge in [-0.3, -0.25) is 4.79 Å². The van der Waals surface area contributed by atoms with Crippen molar-refractivity contribution in [3.63, 3.8) is 0 Å². The van der Waals surface area contributed by atoms with Crippen LogP contribution in [0.4, 0.5) is 0 Å². The number of nitrogens with zero attached hydrogens (tertiary/aromatic N) is 2. The Bertz CT molecular complexity index is 670. The Morgan fingerprint density at radius 1 is 1.52 bits per heavy atom. The van der Waals surface area contributed by atoms with E-state index < -0.39 is 11.5 Å². The van der Waals surface area contributed by atoms with Crippen LogP contribution in [0.15, 0.2) is 24.7 Å². The van der Waals surface area contributed by atoms with Crippen LogP contribution in [0.5, 0.6) is 5.88 Å². The lowest BCUT2D eigenvalue weighted by Gasteiger charge is -2.17. The van der Waals surface area contributed by atoms with E-state index in [1.165, 1.54) is 12.4 Å². The SMILES string of the molecule is CC(C)(O)COc1ncnc2[nH]cc(CC=CC(N)=O)c12. The van der Waals surface area contributed by atoms with Crippen LogP contribution in [-0.4, -0.2) is 38.2 Å². The molecule has 0 aliphatic rings. The molecule has 4 N–H and O–H groups in total. The number of aliphatic hydroxyl groups is 1. The number of primary amides is 1. The number of aromatic nitrogens is 3. The van der Waals surface area contributed by atoms with Crippen LogP contribution < -0.4 is 10.5 Å². The molecular formula is C14H18N4O3. The minimum atomic E-state index is -0.959. The van der Waals surface area contributed by atoms with Crippen molar-refractivity contribution >= 4 is 16.9 Å². The smallest absolute Gasteiger partial charge is 0.241 e. The van der Waals surface area contributed by atoms with Crippen molar-refractivity contribution in [2.24, 2.45) is 5.73 Å². The number of allylic oxidation sites excluding steroid dienone is 1. The fourth-order valence-electron chi connectivity index (χ4n) is 1.81. The highest BCUT2D eigenvalue weighted by Crippen LogP contribution is 2.26. The number of amides is 1. The van der Waals surface area contributed by atoms with Gasteiger partial charge in [0, 0.05) is 6.20 Å². The standard InChI is InChI=1S/C14H18N4O3/c1-14(2,20)7-21-13-11-9(4-3-5-10(15)19)6-16-12(11)17-8-18-13/h3,5-6,8,20H,4,7H2,1-2H3,(H2,15,19)(H,16,17,18). The quantitative estimate of drug-likeness (QED) is 0.677. The van der Waals surface area contributed by atoms with E-state index in [2.05, 4.69) is 15.0 Å². The number of ether oxygens (including phenoxy) is 1. The molecule has 0 radical (unpaired) electrons. The molecule has 0 fully saturated rings. The highest BCUT2D eigenvalue weighted by Gasteiger charge is 2.17. The molecule has 7 nitrogen and oxygen atoms in total. The lowest BCUT2D eigenvalue weighted by Crippen LogP contribution is -2.28. The molecule has 2 aromatic heterocycles. The first-order chi connectivity index (χ1) is 9.87. The topological polar surface area (TPSA) is 114 Å². The number of carbonyl (C=O) groups is 1. The highest BCUT2D eigenvalue weighted by atomic mass is 16.5. The molecule has 0 saturated carbocycles. The minimum absolute atomic E-state index is 0.112. The van der Waals surface area contributed by atoms with Crippen LogP contribution in [0.25, 0.3) is 11.0 Å². The van der Waals surface area contributed by atoms with E-state index >= 15 is 0 Å². The van der Waals surface area contributed by atoms with Gasteiger partial charge in [0.2, 0.25) is 11.8 Å². The minimum Gasteiger partial charge on any atom is -0.474 e. The van der Waals surface area contributed by atoms with E-state index in [9.17, 15) is 9.90 Å². The summed E-state index contributed by atoms with van der Waals surface area (Å²) in [6, 6.07) is 0. The second kappa shape index (κ2) is 5.92. The van der Waals surface area contributed by atoms with E-state index in [0.29, 0.717) is 17.9 Å². The summed E-state index contributed by atoms with van der Waals surface area (Å²) in [5.41, 5.74) is 5.62. The van der Waals surface area contributed by atoms with Crippen molar-refractivity contribution in [1.29, 1.82) is 0 Å². The third-order valence-corrected chi connectivity index (χ3v) is 2.70. The van der Waals surface area contributed by atoms with Gasteiger partial charge in [-0.25, -0.2) is 9.97 Å². The van der Waals surface area contributed by atoms with Gasteiger partial charge in [0.15, 0.2) is 0 Å². The molecule has 2 rings (SSSR count). The second-order valence-corrected chi connectivity index (χ2v) is 5.33. The molecule has 0 unspecified atom stereocenters. The Hall–Kier alpha value is -2.41. The number of aromatic amines is 1. The third kappa shape index (κ3) is 4.03. The Morgan fingerprint density at radius 2 is 2.29 bits per heavy atom. The van der Waals surface area contributed by atoms with Crippen molar-refractivity contribution in [2.75, 3.05) is 6.61 Å². The average molecular weight is 290 g/mol. The van der Waals surface area contributed by atoms with Gasteiger partial charge >= 0.3 is 0 Å². The third-order valence-electron chi connectivity index (χ3n) is 2.70. The van der Waals surface area contributed by atoms with Crippen molar-refractivity contribution in [1.82, 2.24) is 15.0 Å². The summed E-state index contributed by atoms with van der Waals surface area (Å²) in [6.07, 6.45) is 6.64. The lowest BCUT2D eigenvalue weighted by molar-refractivity contribution is -0.113. The Kier molecular flexibility index (Phi) is 4.23. The molecule has 112 valence electrons. The van der Waals surface area contributed by atoms with Crippen LogP contribution >= 0.6 is 0 Å². The molecule has 0 spiro atoms. The van der Waals surface area contributed by atoms with Crippen molar-refractivity contribution in [2.45, 2.75) is 25.9 Å². The molecule has 21 heavy (non-hydrogen) atoms. The number of H-pyrrole nitrogens is 1. The van der Waals surface area contributed by atoms with Crippen LogP contribution in [0.1, 0.15) is 19.4 Å². The second-order valence-electron chi connectivity index (χ2n) is 5.33. The molecule has 0 aromatic carbocycles. The molecule has 2 aromatic rings. The van der Waals surface area contributed by atoms with E-state index in [1.807, 2.05) is 0 Å². The van der Waals surface area contributed by atoms with Crippen LogP contribution in [-0.2, 0) is 11.2 Å². The number of hydrogen-bond acceptors (Lipinski definition) is 5. The van der Waals surface area contributed by atoms with Gasteiger partial charge in [0.25, 0.3) is 0 Å². The number of carbonyl (C=O) groups excluding carboxylic acids is 1. The number of hydrogen-bond donors (Lipinski definition) is 3. The molecule has 7 heteroatoms. The summed E-state index contributed by atoms with van der Waals surface area (Å²) < 4.78 is 5.57. The molecule has 0 aliphatic carbocycles. The van der Waals surface area contributed by atoms with Gasteiger partial charge in [-0.2, -0.15) is 0 Å². The van der Waals surface area contributed by atoms with E-state index in [-0.39, 0.29) is 6.61 Å². The maximum Gasteiger partial charge on any atom is 0.241 e. The summed E-state index contributed by atoms with van der Waals surface area (Å²) in [4.78, 5) is 22.0. The summed E-state index contributed by atoms with van der Waals surface area (Å²) in [5.74, 6) is -0.101. The Morgan fingerprint density at radius 3 is 2.95 bits per heavy atom. The predicted molar refractivity (Wildman–Crippen MR) is 77.7 cm³/mol. The fraction of sp³-hybridized carbons (Fsp3) is 0.357. The maximum atomic E-state index is 10.7. The van der Waals surface area contributed by atoms with E-state index in [0.717, 1.165) is 10.9 Å². The highest BCUT2D eigenvalue weighted by molar-refractivity contribution is 5.87. The first-order valence-electron chi connectivity index (χ1n) is 6.49. The van der Waals surface area contributed by atoms with Gasteiger partial charge in [0.05, 0.1) is 11.0 Å². The summed E-state index contributed by atoms with van der Waals surface area (Å²) >= 11 is 0. The van der Waals surface area contributed by atoms with Gasteiger partial charge in [0.1, 0.15) is 18.6 Å². The van der Waals surface area contributed by atoms with Crippen molar-refractivity contribution in [3.8, 4) is 5.88 Å². The maximum absolute atomic E-state index is 10.7.